The molecule has 31 heavy (non-hydrogen) atoms. The van der Waals surface area contributed by atoms with E-state index < -0.39 is 0 Å². The number of carbonyl (C=O) groups is 1. The second-order valence-electron chi connectivity index (χ2n) is 7.42. The minimum absolute atomic E-state index is 0.126. The number of nitrogens with two attached hydrogens (primary N) is 1. The van der Waals surface area contributed by atoms with E-state index in [4.69, 9.17) is 5.73 Å². The van der Waals surface area contributed by atoms with Gasteiger partial charge in [-0.3, -0.25) is 4.79 Å². The lowest BCUT2D eigenvalue weighted by atomic mass is 10.0. The van der Waals surface area contributed by atoms with Crippen LogP contribution >= 0.6 is 11.3 Å². The van der Waals surface area contributed by atoms with Crippen LogP contribution in [0.2, 0.25) is 0 Å². The predicted octanol–water partition coefficient (Wildman–Crippen LogP) is 3.61. The van der Waals surface area contributed by atoms with Gasteiger partial charge in [0.25, 0.3) is 5.91 Å². The van der Waals surface area contributed by atoms with Gasteiger partial charge in [0, 0.05) is 29.9 Å². The molecule has 1 aromatic carbocycles. The molecule has 8 heteroatoms. The molecular weight excluding hydrogens is 408 g/mol. The van der Waals surface area contributed by atoms with Gasteiger partial charge in [0.05, 0.1) is 23.1 Å². The van der Waals surface area contributed by atoms with E-state index in [1.165, 1.54) is 11.3 Å². The van der Waals surface area contributed by atoms with Crippen LogP contribution in [0.1, 0.15) is 30.3 Å². The molecule has 1 aliphatic heterocycles. The lowest BCUT2D eigenvalue weighted by Crippen LogP contribution is -2.43. The van der Waals surface area contributed by atoms with Crippen LogP contribution in [0.5, 0.6) is 0 Å². The van der Waals surface area contributed by atoms with Crippen molar-refractivity contribution in [3.63, 3.8) is 0 Å². The van der Waals surface area contributed by atoms with Gasteiger partial charge in [0.1, 0.15) is 5.69 Å². The van der Waals surface area contributed by atoms with E-state index in [2.05, 4.69) is 26.9 Å². The highest BCUT2D eigenvalue weighted by atomic mass is 32.1. The molecule has 1 amide bonds. The van der Waals surface area contributed by atoms with Crippen molar-refractivity contribution in [2.45, 2.75) is 25.8 Å². The molecule has 0 unspecified atom stereocenters. The zero-order valence-corrected chi connectivity index (χ0v) is 18.3. The molecule has 0 saturated carbocycles. The zero-order valence-electron chi connectivity index (χ0n) is 17.5. The minimum atomic E-state index is -0.261. The van der Waals surface area contributed by atoms with E-state index >= 15 is 0 Å². The number of rotatable bonds is 6. The number of para-hydroxylation sites is 1. The van der Waals surface area contributed by atoms with Crippen molar-refractivity contribution in [2.75, 3.05) is 13.1 Å². The monoisotopic (exact) mass is 434 g/mol. The number of aromatic nitrogens is 3. The van der Waals surface area contributed by atoms with Gasteiger partial charge >= 0.3 is 0 Å². The Labute approximate surface area is 185 Å². The van der Waals surface area contributed by atoms with Crippen molar-refractivity contribution in [2.24, 2.45) is 5.73 Å². The standard InChI is InChI=1S/C23H26N6OS/c1-3-8-21(28-12-7-10-17(24)14-28)18(4-2)26-22(30)19-15-31-23(27-19)29-20-11-6-5-9-16(20)13-25-29/h3-6,8-9,11,13,15,17H,1,7,10,12,14,24H2,2H3,(H,26,30)/b18-4+,21-8+/t17-/m0/s1. The fraction of sp³-hybridized carbons (Fsp3) is 0.261. The summed E-state index contributed by atoms with van der Waals surface area (Å²) >= 11 is 1.38. The Morgan fingerprint density at radius 2 is 2.23 bits per heavy atom. The summed E-state index contributed by atoms with van der Waals surface area (Å²) in [6, 6.07) is 8.04. The number of likely N-dealkylation sites (tertiary alicyclic amines) is 1. The molecule has 1 saturated heterocycles. The Hall–Kier alpha value is -3.23. The second kappa shape index (κ2) is 9.28. The Balaban J connectivity index is 1.54. The molecule has 0 aliphatic carbocycles. The summed E-state index contributed by atoms with van der Waals surface area (Å²) in [6.07, 6.45) is 9.36. The lowest BCUT2D eigenvalue weighted by Gasteiger charge is -2.35. The summed E-state index contributed by atoms with van der Waals surface area (Å²) in [6.45, 7) is 7.38. The molecule has 4 rings (SSSR count). The van der Waals surface area contributed by atoms with E-state index in [0.29, 0.717) is 10.8 Å². The molecule has 3 heterocycles. The summed E-state index contributed by atoms with van der Waals surface area (Å²) in [7, 11) is 0. The van der Waals surface area contributed by atoms with Crippen LogP contribution < -0.4 is 11.1 Å². The summed E-state index contributed by atoms with van der Waals surface area (Å²) in [5.41, 5.74) is 9.10. The van der Waals surface area contributed by atoms with E-state index in [0.717, 1.165) is 48.2 Å². The van der Waals surface area contributed by atoms with Crippen molar-refractivity contribution < 1.29 is 4.79 Å². The molecule has 0 spiro atoms. The van der Waals surface area contributed by atoms with E-state index in [-0.39, 0.29) is 11.9 Å². The Morgan fingerprint density at radius 3 is 3.00 bits per heavy atom. The highest BCUT2D eigenvalue weighted by Crippen LogP contribution is 2.23. The average Bonchev–Trinajstić information content (AvgIpc) is 3.43. The van der Waals surface area contributed by atoms with Crippen molar-refractivity contribution in [3.8, 4) is 5.13 Å². The van der Waals surface area contributed by atoms with Gasteiger partial charge in [-0.1, -0.05) is 36.9 Å². The first kappa shape index (κ1) is 21.0. The highest BCUT2D eigenvalue weighted by Gasteiger charge is 2.22. The molecular formula is C23H26N6OS. The second-order valence-corrected chi connectivity index (χ2v) is 8.26. The van der Waals surface area contributed by atoms with Gasteiger partial charge in [-0.15, -0.1) is 11.3 Å². The van der Waals surface area contributed by atoms with Crippen LogP contribution in [-0.2, 0) is 0 Å². The SMILES string of the molecule is C=C/C=C(\C(=C/C)NC(=O)c1csc(-n2ncc3ccccc32)n1)N1CCC[C@H](N)C1. The normalized spacial score (nSPS) is 17.7. The summed E-state index contributed by atoms with van der Waals surface area (Å²) in [5, 5.41) is 10.9. The molecule has 2 aromatic heterocycles. The van der Waals surface area contributed by atoms with Crippen molar-refractivity contribution in [1.29, 1.82) is 0 Å². The molecule has 1 aliphatic rings. The third kappa shape index (κ3) is 4.45. The van der Waals surface area contributed by atoms with Gasteiger partial charge < -0.3 is 16.0 Å². The van der Waals surface area contributed by atoms with Crippen LogP contribution in [0.15, 0.2) is 72.0 Å². The molecule has 0 radical (unpaired) electrons. The fourth-order valence-corrected chi connectivity index (χ4v) is 4.54. The number of thiazole rings is 1. The van der Waals surface area contributed by atoms with Crippen molar-refractivity contribution in [1.82, 2.24) is 25.0 Å². The van der Waals surface area contributed by atoms with Crippen molar-refractivity contribution >= 4 is 28.1 Å². The Morgan fingerprint density at radius 1 is 1.39 bits per heavy atom. The van der Waals surface area contributed by atoms with Crippen LogP contribution in [-0.4, -0.2) is 44.7 Å². The molecule has 3 N–H and O–H groups in total. The molecule has 7 nitrogen and oxygen atoms in total. The number of carbonyl (C=O) groups excluding carboxylic acids is 1. The van der Waals surface area contributed by atoms with Crippen LogP contribution in [0.3, 0.4) is 0 Å². The number of piperidine rings is 1. The first-order valence-corrected chi connectivity index (χ1v) is 11.2. The molecule has 1 fully saturated rings. The molecule has 0 bridgehead atoms. The fourth-order valence-electron chi connectivity index (χ4n) is 3.77. The zero-order chi connectivity index (χ0) is 21.8. The number of nitrogens with one attached hydrogen (secondary N) is 1. The molecule has 160 valence electrons. The third-order valence-corrected chi connectivity index (χ3v) is 6.09. The maximum atomic E-state index is 13.0. The maximum absolute atomic E-state index is 13.0. The average molecular weight is 435 g/mol. The van der Waals surface area contributed by atoms with Gasteiger partial charge in [0.15, 0.2) is 0 Å². The van der Waals surface area contributed by atoms with E-state index in [9.17, 15) is 4.79 Å². The van der Waals surface area contributed by atoms with Crippen LogP contribution in [0, 0.1) is 0 Å². The van der Waals surface area contributed by atoms with Gasteiger partial charge in [-0.05, 0) is 31.9 Å². The number of benzene rings is 1. The quantitative estimate of drug-likeness (QED) is 0.579. The smallest absolute Gasteiger partial charge is 0.275 e. The van der Waals surface area contributed by atoms with Gasteiger partial charge in [-0.25, -0.2) is 9.67 Å². The van der Waals surface area contributed by atoms with Gasteiger partial charge in [0.2, 0.25) is 5.13 Å². The minimum Gasteiger partial charge on any atom is -0.368 e. The van der Waals surface area contributed by atoms with Crippen molar-refractivity contribution in [3.05, 3.63) is 77.7 Å². The Bertz CT molecular complexity index is 1160. The van der Waals surface area contributed by atoms with Crippen LogP contribution in [0.4, 0.5) is 0 Å². The number of fused-ring (bicyclic) bond motifs is 1. The first-order chi connectivity index (χ1) is 15.1. The number of allylic oxidation sites excluding steroid dienone is 3. The van der Waals surface area contributed by atoms with Crippen LogP contribution in [0.25, 0.3) is 16.0 Å². The topological polar surface area (TPSA) is 89.1 Å². The first-order valence-electron chi connectivity index (χ1n) is 10.3. The molecule has 3 aromatic rings. The summed E-state index contributed by atoms with van der Waals surface area (Å²) in [4.78, 5) is 19.7. The largest absolute Gasteiger partial charge is 0.368 e. The lowest BCUT2D eigenvalue weighted by molar-refractivity contribution is 0.0960. The number of nitrogens with zero attached hydrogens (tertiary/aromatic N) is 4. The number of hydrogen-bond donors (Lipinski definition) is 2. The highest BCUT2D eigenvalue weighted by molar-refractivity contribution is 7.12. The maximum Gasteiger partial charge on any atom is 0.275 e. The summed E-state index contributed by atoms with van der Waals surface area (Å²) in [5.74, 6) is -0.261. The summed E-state index contributed by atoms with van der Waals surface area (Å²) < 4.78 is 1.76. The third-order valence-electron chi connectivity index (χ3n) is 5.27. The number of hydrogen-bond acceptors (Lipinski definition) is 6. The number of amides is 1. The van der Waals surface area contributed by atoms with Gasteiger partial charge in [-0.2, -0.15) is 5.10 Å². The van der Waals surface area contributed by atoms with E-state index in [1.807, 2.05) is 43.3 Å². The predicted molar refractivity (Wildman–Crippen MR) is 125 cm³/mol. The molecule has 1 atom stereocenters. The van der Waals surface area contributed by atoms with E-state index in [1.54, 1.807) is 22.3 Å². The Kier molecular flexibility index (Phi) is 6.29.